The van der Waals surface area contributed by atoms with Crippen LogP contribution >= 0.6 is 0 Å². The number of hydrogen-bond acceptors (Lipinski definition) is 2. The molecule has 0 fully saturated rings. The van der Waals surface area contributed by atoms with Gasteiger partial charge in [-0.3, -0.25) is 9.59 Å². The molecule has 2 atom stereocenters. The number of carbonyl (C=O) groups is 2. The fraction of sp³-hybridized carbons (Fsp3) is 0.241. The van der Waals surface area contributed by atoms with Gasteiger partial charge in [-0.2, -0.15) is 0 Å². The lowest BCUT2D eigenvalue weighted by molar-refractivity contribution is -0.129. The summed E-state index contributed by atoms with van der Waals surface area (Å²) in [5.41, 5.74) is 3.78. The highest BCUT2D eigenvalue weighted by Crippen LogP contribution is 2.25. The fourth-order valence-electron chi connectivity index (χ4n) is 4.22. The van der Waals surface area contributed by atoms with Crippen molar-refractivity contribution in [3.05, 3.63) is 108 Å². The van der Waals surface area contributed by atoms with Crippen LogP contribution < -0.4 is 10.6 Å². The van der Waals surface area contributed by atoms with Gasteiger partial charge in [-0.15, -0.1) is 0 Å². The van der Waals surface area contributed by atoms with Crippen LogP contribution in [0.2, 0.25) is 0 Å². The Morgan fingerprint density at radius 2 is 1.38 bits per heavy atom. The summed E-state index contributed by atoms with van der Waals surface area (Å²) in [5, 5.41) is 7.19. The topological polar surface area (TPSA) is 74.0 Å². The molecule has 0 saturated heterocycles. The lowest BCUT2D eigenvalue weighted by Gasteiger charge is -2.24. The number of amides is 2. The normalized spacial score (nSPS) is 12.9. The summed E-state index contributed by atoms with van der Waals surface area (Å²) in [4.78, 5) is 30.2. The average molecular weight is 454 g/mol. The molecule has 0 bridgehead atoms. The van der Waals surface area contributed by atoms with E-state index in [0.29, 0.717) is 6.42 Å². The standard InChI is InChI=1S/C29H31N3O2/c1-3-20(2)31-28(33)26(18-23-19-30-25-17-11-10-16-24(23)25)32-29(34)27(21-12-6-4-7-13-21)22-14-8-5-9-15-22/h4-17,19-20,26-27,30H,3,18H2,1-2H3,(H,31,33)(H,32,34)/t20-,26-/m0/s1. The van der Waals surface area contributed by atoms with Crippen LogP contribution in [-0.2, 0) is 16.0 Å². The second kappa shape index (κ2) is 10.8. The van der Waals surface area contributed by atoms with Crippen molar-refractivity contribution in [2.45, 2.75) is 44.7 Å². The van der Waals surface area contributed by atoms with Crippen molar-refractivity contribution in [3.63, 3.8) is 0 Å². The second-order valence-electron chi connectivity index (χ2n) is 8.70. The molecule has 0 radical (unpaired) electrons. The van der Waals surface area contributed by atoms with Gasteiger partial charge in [-0.1, -0.05) is 85.8 Å². The molecule has 0 unspecified atom stereocenters. The van der Waals surface area contributed by atoms with E-state index in [9.17, 15) is 9.59 Å². The van der Waals surface area contributed by atoms with Gasteiger partial charge in [-0.05, 0) is 36.1 Å². The van der Waals surface area contributed by atoms with Crippen LogP contribution in [0.1, 0.15) is 42.9 Å². The Hall–Kier alpha value is -3.86. The van der Waals surface area contributed by atoms with E-state index in [2.05, 4.69) is 15.6 Å². The molecule has 1 heterocycles. The van der Waals surface area contributed by atoms with Gasteiger partial charge in [0.15, 0.2) is 0 Å². The van der Waals surface area contributed by atoms with Crippen LogP contribution in [0.4, 0.5) is 0 Å². The molecule has 2 amide bonds. The van der Waals surface area contributed by atoms with E-state index in [1.165, 1.54) is 0 Å². The maximum Gasteiger partial charge on any atom is 0.243 e. The third kappa shape index (κ3) is 5.37. The molecular weight excluding hydrogens is 422 g/mol. The first kappa shape index (κ1) is 23.3. The SMILES string of the molecule is CC[C@H](C)NC(=O)[C@H](Cc1c[nH]c2ccccc12)NC(=O)C(c1ccccc1)c1ccccc1. The van der Waals surface area contributed by atoms with Crippen LogP contribution in [0.15, 0.2) is 91.1 Å². The molecule has 0 aliphatic carbocycles. The zero-order valence-corrected chi connectivity index (χ0v) is 19.6. The molecule has 0 aliphatic heterocycles. The molecule has 5 heteroatoms. The fourth-order valence-corrected chi connectivity index (χ4v) is 4.22. The highest BCUT2D eigenvalue weighted by molar-refractivity contribution is 5.93. The van der Waals surface area contributed by atoms with Crippen molar-refractivity contribution in [1.82, 2.24) is 15.6 Å². The first-order valence-electron chi connectivity index (χ1n) is 11.8. The van der Waals surface area contributed by atoms with Crippen molar-refractivity contribution in [2.75, 3.05) is 0 Å². The van der Waals surface area contributed by atoms with Gasteiger partial charge >= 0.3 is 0 Å². The molecule has 4 aromatic rings. The van der Waals surface area contributed by atoms with Crippen LogP contribution in [0, 0.1) is 0 Å². The molecule has 3 N–H and O–H groups in total. The Balaban J connectivity index is 1.64. The smallest absolute Gasteiger partial charge is 0.243 e. The van der Waals surface area contributed by atoms with Gasteiger partial charge in [0.1, 0.15) is 6.04 Å². The second-order valence-corrected chi connectivity index (χ2v) is 8.70. The Kier molecular flexibility index (Phi) is 7.43. The Bertz CT molecular complexity index is 1190. The van der Waals surface area contributed by atoms with Crippen molar-refractivity contribution in [2.24, 2.45) is 0 Å². The first-order chi connectivity index (χ1) is 16.6. The molecule has 174 valence electrons. The zero-order chi connectivity index (χ0) is 23.9. The average Bonchev–Trinajstić information content (AvgIpc) is 3.28. The van der Waals surface area contributed by atoms with Crippen LogP contribution in [0.5, 0.6) is 0 Å². The minimum absolute atomic E-state index is 0.0221. The van der Waals surface area contributed by atoms with Crippen molar-refractivity contribution in [3.8, 4) is 0 Å². The number of carbonyl (C=O) groups excluding carboxylic acids is 2. The molecule has 34 heavy (non-hydrogen) atoms. The van der Waals surface area contributed by atoms with Crippen LogP contribution in [0.3, 0.4) is 0 Å². The molecule has 0 aliphatic rings. The molecule has 0 spiro atoms. The number of aromatic amines is 1. The molecule has 1 aromatic heterocycles. The Labute approximate surface area is 200 Å². The number of fused-ring (bicyclic) bond motifs is 1. The summed E-state index contributed by atoms with van der Waals surface area (Å²) in [5.74, 6) is -0.876. The lowest BCUT2D eigenvalue weighted by atomic mass is 9.90. The zero-order valence-electron chi connectivity index (χ0n) is 19.6. The molecule has 5 nitrogen and oxygen atoms in total. The maximum atomic E-state index is 13.7. The number of hydrogen-bond donors (Lipinski definition) is 3. The van der Waals surface area contributed by atoms with E-state index in [1.54, 1.807) is 0 Å². The van der Waals surface area contributed by atoms with Gasteiger partial charge < -0.3 is 15.6 Å². The van der Waals surface area contributed by atoms with Gasteiger partial charge in [0.2, 0.25) is 11.8 Å². The predicted molar refractivity (Wildman–Crippen MR) is 137 cm³/mol. The Morgan fingerprint density at radius 1 is 0.794 bits per heavy atom. The van der Waals surface area contributed by atoms with Crippen molar-refractivity contribution >= 4 is 22.7 Å². The van der Waals surface area contributed by atoms with Crippen LogP contribution in [0.25, 0.3) is 10.9 Å². The molecular formula is C29H31N3O2. The van der Waals surface area contributed by atoms with Crippen LogP contribution in [-0.4, -0.2) is 28.9 Å². The number of benzene rings is 3. The number of para-hydroxylation sites is 1. The van der Waals surface area contributed by atoms with Gasteiger partial charge in [-0.25, -0.2) is 0 Å². The minimum Gasteiger partial charge on any atom is -0.361 e. The van der Waals surface area contributed by atoms with E-state index in [-0.39, 0.29) is 17.9 Å². The van der Waals surface area contributed by atoms with E-state index in [4.69, 9.17) is 0 Å². The summed E-state index contributed by atoms with van der Waals surface area (Å²) in [6, 6.07) is 26.7. The van der Waals surface area contributed by atoms with Crippen molar-refractivity contribution < 1.29 is 9.59 Å². The number of aromatic nitrogens is 1. The third-order valence-corrected chi connectivity index (χ3v) is 6.26. The lowest BCUT2D eigenvalue weighted by Crippen LogP contribution is -2.51. The predicted octanol–water partition coefficient (Wildman–Crippen LogP) is 4.94. The van der Waals surface area contributed by atoms with Gasteiger partial charge in [0, 0.05) is 29.6 Å². The molecule has 0 saturated carbocycles. The van der Waals surface area contributed by atoms with E-state index in [0.717, 1.165) is 34.0 Å². The summed E-state index contributed by atoms with van der Waals surface area (Å²) < 4.78 is 0. The summed E-state index contributed by atoms with van der Waals surface area (Å²) >= 11 is 0. The van der Waals surface area contributed by atoms with Crippen molar-refractivity contribution in [1.29, 1.82) is 0 Å². The maximum absolute atomic E-state index is 13.7. The number of H-pyrrole nitrogens is 1. The first-order valence-corrected chi connectivity index (χ1v) is 11.8. The highest BCUT2D eigenvalue weighted by Gasteiger charge is 2.29. The van der Waals surface area contributed by atoms with Gasteiger partial charge in [0.25, 0.3) is 0 Å². The molecule has 4 rings (SSSR count). The Morgan fingerprint density at radius 3 is 2.00 bits per heavy atom. The summed E-state index contributed by atoms with van der Waals surface area (Å²) in [6.07, 6.45) is 3.14. The third-order valence-electron chi connectivity index (χ3n) is 6.26. The molecule has 3 aromatic carbocycles. The highest BCUT2D eigenvalue weighted by atomic mass is 16.2. The quantitative estimate of drug-likeness (QED) is 0.336. The van der Waals surface area contributed by atoms with E-state index >= 15 is 0 Å². The minimum atomic E-state index is -0.698. The van der Waals surface area contributed by atoms with Gasteiger partial charge in [0.05, 0.1) is 5.92 Å². The van der Waals surface area contributed by atoms with E-state index in [1.807, 2.05) is 105 Å². The van der Waals surface area contributed by atoms with E-state index < -0.39 is 12.0 Å². The summed E-state index contributed by atoms with van der Waals surface area (Å²) in [7, 11) is 0. The largest absolute Gasteiger partial charge is 0.361 e. The number of rotatable bonds is 9. The number of nitrogens with one attached hydrogen (secondary N) is 3. The summed E-state index contributed by atoms with van der Waals surface area (Å²) in [6.45, 7) is 4.00. The monoisotopic (exact) mass is 453 g/mol.